The first kappa shape index (κ1) is 16.2. The van der Waals surface area contributed by atoms with Gasteiger partial charge in [0.05, 0.1) is 12.2 Å². The van der Waals surface area contributed by atoms with Gasteiger partial charge in [-0.25, -0.2) is 4.39 Å². The number of carbonyl (C=O) groups excluding carboxylic acids is 2. The van der Waals surface area contributed by atoms with E-state index in [0.717, 1.165) is 16.8 Å². The normalized spacial score (nSPS) is 20.3. The summed E-state index contributed by atoms with van der Waals surface area (Å²) in [7, 11) is 0. The van der Waals surface area contributed by atoms with E-state index in [9.17, 15) is 14.0 Å². The average molecular weight is 330 g/mol. The van der Waals surface area contributed by atoms with Gasteiger partial charge in [0, 0.05) is 18.2 Å². The van der Waals surface area contributed by atoms with Crippen molar-refractivity contribution in [2.45, 2.75) is 32.1 Å². The molecule has 1 aliphatic rings. The molecule has 3 rings (SSSR count). The van der Waals surface area contributed by atoms with Crippen molar-refractivity contribution in [3.8, 4) is 11.1 Å². The van der Waals surface area contributed by atoms with E-state index in [2.05, 4.69) is 5.10 Å². The molecule has 2 atom stereocenters. The lowest BCUT2D eigenvalue weighted by Gasteiger charge is -2.21. The van der Waals surface area contributed by atoms with Crippen LogP contribution in [0.25, 0.3) is 11.1 Å². The molecule has 6 nitrogen and oxygen atoms in total. The number of hydrogen-bond acceptors (Lipinski definition) is 3. The Morgan fingerprint density at radius 2 is 2.04 bits per heavy atom. The van der Waals surface area contributed by atoms with Gasteiger partial charge < -0.3 is 10.6 Å². The second-order valence-electron chi connectivity index (χ2n) is 5.99. The molecule has 1 aromatic heterocycles. The fourth-order valence-electron chi connectivity index (χ4n) is 3.06. The Morgan fingerprint density at radius 3 is 2.71 bits per heavy atom. The Hall–Kier alpha value is -2.70. The Balaban J connectivity index is 1.77. The van der Waals surface area contributed by atoms with Gasteiger partial charge in [0.1, 0.15) is 18.8 Å². The van der Waals surface area contributed by atoms with E-state index in [1.807, 2.05) is 37.3 Å². The highest BCUT2D eigenvalue weighted by Crippen LogP contribution is 2.23. The first-order valence-corrected chi connectivity index (χ1v) is 7.78. The number of rotatable bonds is 4. The summed E-state index contributed by atoms with van der Waals surface area (Å²) in [6, 6.07) is 8.84. The molecule has 2 N–H and O–H groups in total. The SMILES string of the molecule is Cc1nn(CC(=O)N2C[C@H](F)C[C@H]2C(N)=O)cc1-c1ccccc1. The van der Waals surface area contributed by atoms with Crippen molar-refractivity contribution in [2.75, 3.05) is 6.54 Å². The number of aryl methyl sites for hydroxylation is 1. The van der Waals surface area contributed by atoms with Gasteiger partial charge >= 0.3 is 0 Å². The van der Waals surface area contributed by atoms with Crippen LogP contribution in [0, 0.1) is 6.92 Å². The summed E-state index contributed by atoms with van der Waals surface area (Å²) in [5.41, 5.74) is 8.00. The summed E-state index contributed by atoms with van der Waals surface area (Å²) < 4.78 is 15.1. The van der Waals surface area contributed by atoms with Crippen molar-refractivity contribution in [1.82, 2.24) is 14.7 Å². The molecule has 2 amide bonds. The molecule has 0 bridgehead atoms. The molecule has 1 aromatic carbocycles. The molecule has 1 saturated heterocycles. The minimum Gasteiger partial charge on any atom is -0.368 e. The van der Waals surface area contributed by atoms with Crippen molar-refractivity contribution >= 4 is 11.8 Å². The summed E-state index contributed by atoms with van der Waals surface area (Å²) in [6.07, 6.45) is 0.532. The maximum absolute atomic E-state index is 13.5. The van der Waals surface area contributed by atoms with Crippen LogP contribution in [0.4, 0.5) is 4.39 Å². The minimum atomic E-state index is -1.22. The van der Waals surface area contributed by atoms with Crippen molar-refractivity contribution in [2.24, 2.45) is 5.73 Å². The smallest absolute Gasteiger partial charge is 0.245 e. The number of nitrogens with zero attached hydrogens (tertiary/aromatic N) is 3. The van der Waals surface area contributed by atoms with Gasteiger partial charge in [-0.1, -0.05) is 30.3 Å². The maximum Gasteiger partial charge on any atom is 0.245 e. The number of alkyl halides is 1. The molecule has 2 heterocycles. The number of hydrogen-bond donors (Lipinski definition) is 1. The molecule has 0 aliphatic carbocycles. The monoisotopic (exact) mass is 330 g/mol. The first-order valence-electron chi connectivity index (χ1n) is 7.78. The van der Waals surface area contributed by atoms with Crippen LogP contribution >= 0.6 is 0 Å². The number of benzene rings is 1. The van der Waals surface area contributed by atoms with Gasteiger partial charge in [-0.3, -0.25) is 14.3 Å². The van der Waals surface area contributed by atoms with Crippen LogP contribution in [0.5, 0.6) is 0 Å². The summed E-state index contributed by atoms with van der Waals surface area (Å²) in [4.78, 5) is 25.0. The van der Waals surface area contributed by atoms with Gasteiger partial charge in [-0.05, 0) is 12.5 Å². The summed E-state index contributed by atoms with van der Waals surface area (Å²) in [6.45, 7) is 1.71. The quantitative estimate of drug-likeness (QED) is 0.917. The lowest BCUT2D eigenvalue weighted by molar-refractivity contribution is -0.138. The molecule has 0 spiro atoms. The molecule has 126 valence electrons. The van der Waals surface area contributed by atoms with Crippen LogP contribution in [0.15, 0.2) is 36.5 Å². The molecule has 7 heteroatoms. The van der Waals surface area contributed by atoms with Crippen LogP contribution in [0.3, 0.4) is 0 Å². The third-order valence-electron chi connectivity index (χ3n) is 4.23. The molecule has 1 aliphatic heterocycles. The van der Waals surface area contributed by atoms with Gasteiger partial charge in [0.25, 0.3) is 0 Å². The number of likely N-dealkylation sites (tertiary alicyclic amines) is 1. The predicted molar refractivity (Wildman–Crippen MR) is 86.6 cm³/mol. The van der Waals surface area contributed by atoms with E-state index < -0.39 is 18.1 Å². The van der Waals surface area contributed by atoms with Crippen LogP contribution in [-0.2, 0) is 16.1 Å². The summed E-state index contributed by atoms with van der Waals surface area (Å²) in [5.74, 6) is -1.04. The van der Waals surface area contributed by atoms with E-state index in [0.29, 0.717) is 0 Å². The van der Waals surface area contributed by atoms with Gasteiger partial charge in [0.15, 0.2) is 0 Å². The lowest BCUT2D eigenvalue weighted by Crippen LogP contribution is -2.45. The van der Waals surface area contributed by atoms with Crippen LogP contribution in [0.2, 0.25) is 0 Å². The summed E-state index contributed by atoms with van der Waals surface area (Å²) in [5, 5.41) is 4.35. The van der Waals surface area contributed by atoms with Crippen molar-refractivity contribution in [1.29, 1.82) is 0 Å². The van der Waals surface area contributed by atoms with E-state index in [1.165, 1.54) is 9.58 Å². The van der Waals surface area contributed by atoms with Crippen LogP contribution < -0.4 is 5.73 Å². The number of amides is 2. The number of halogens is 1. The summed E-state index contributed by atoms with van der Waals surface area (Å²) >= 11 is 0. The molecule has 0 radical (unpaired) electrons. The largest absolute Gasteiger partial charge is 0.368 e. The molecule has 24 heavy (non-hydrogen) atoms. The Kier molecular flexibility index (Phi) is 4.33. The zero-order chi connectivity index (χ0) is 17.3. The molecular formula is C17H19FN4O2. The Bertz CT molecular complexity index is 759. The molecule has 0 unspecified atom stereocenters. The molecule has 0 saturated carbocycles. The first-order chi connectivity index (χ1) is 11.5. The van der Waals surface area contributed by atoms with Gasteiger partial charge in [0.2, 0.25) is 11.8 Å². The van der Waals surface area contributed by atoms with E-state index in [4.69, 9.17) is 5.73 Å². The second-order valence-corrected chi connectivity index (χ2v) is 5.99. The van der Waals surface area contributed by atoms with E-state index in [-0.39, 0.29) is 25.4 Å². The zero-order valence-electron chi connectivity index (χ0n) is 13.4. The highest BCUT2D eigenvalue weighted by Gasteiger charge is 2.38. The number of nitrogens with two attached hydrogens (primary N) is 1. The van der Waals surface area contributed by atoms with Crippen molar-refractivity contribution < 1.29 is 14.0 Å². The molecular weight excluding hydrogens is 311 g/mol. The van der Waals surface area contributed by atoms with Crippen molar-refractivity contribution in [3.63, 3.8) is 0 Å². The van der Waals surface area contributed by atoms with Gasteiger partial charge in [-0.2, -0.15) is 5.10 Å². The topological polar surface area (TPSA) is 81.2 Å². The number of carbonyl (C=O) groups is 2. The maximum atomic E-state index is 13.5. The number of primary amides is 1. The zero-order valence-corrected chi connectivity index (χ0v) is 13.4. The minimum absolute atomic E-state index is 0.0333. The third kappa shape index (κ3) is 3.15. The number of aromatic nitrogens is 2. The van der Waals surface area contributed by atoms with Crippen LogP contribution in [0.1, 0.15) is 12.1 Å². The Labute approximate surface area is 139 Å². The molecule has 1 fully saturated rings. The predicted octanol–water partition coefficient (Wildman–Crippen LogP) is 1.28. The highest BCUT2D eigenvalue weighted by molar-refractivity contribution is 5.87. The fourth-order valence-corrected chi connectivity index (χ4v) is 3.06. The van der Waals surface area contributed by atoms with Crippen molar-refractivity contribution in [3.05, 3.63) is 42.2 Å². The standard InChI is InChI=1S/C17H19FN4O2/c1-11-14(12-5-3-2-4-6-12)9-21(20-11)10-16(23)22-8-13(18)7-15(22)17(19)24/h2-6,9,13,15H,7-8,10H2,1H3,(H2,19,24)/t13-,15+/m1/s1. The highest BCUT2D eigenvalue weighted by atomic mass is 19.1. The average Bonchev–Trinajstić information content (AvgIpc) is 3.11. The van der Waals surface area contributed by atoms with E-state index >= 15 is 0 Å². The van der Waals surface area contributed by atoms with Crippen LogP contribution in [-0.4, -0.2) is 45.3 Å². The lowest BCUT2D eigenvalue weighted by atomic mass is 10.1. The fraction of sp³-hybridized carbons (Fsp3) is 0.353. The third-order valence-corrected chi connectivity index (χ3v) is 4.23. The Morgan fingerprint density at radius 1 is 1.33 bits per heavy atom. The second kappa shape index (κ2) is 6.43. The van der Waals surface area contributed by atoms with Gasteiger partial charge in [-0.15, -0.1) is 0 Å². The molecule has 2 aromatic rings. The van der Waals surface area contributed by atoms with E-state index in [1.54, 1.807) is 6.20 Å².